The van der Waals surface area contributed by atoms with Crippen LogP contribution in [0.5, 0.6) is 0 Å². The molecular weight excluding hydrogens is 229 g/mol. The third-order valence-corrected chi connectivity index (χ3v) is 2.53. The normalized spacial score (nSPS) is 11.1. The lowest BCUT2D eigenvalue weighted by molar-refractivity contribution is 0.630. The molecule has 84 valence electrons. The van der Waals surface area contributed by atoms with Crippen molar-refractivity contribution in [1.29, 1.82) is 0 Å². The lowest BCUT2D eigenvalue weighted by Crippen LogP contribution is -1.90. The monoisotopic (exact) mass is 239 g/mol. The van der Waals surface area contributed by atoms with Crippen molar-refractivity contribution in [3.05, 3.63) is 34.9 Å². The minimum Gasteiger partial charge on any atom is -0.262 e. The lowest BCUT2D eigenvalue weighted by Gasteiger charge is -1.99. The van der Waals surface area contributed by atoms with Crippen LogP contribution in [0.2, 0.25) is 5.02 Å². The predicted molar refractivity (Wildman–Crippen MR) is 60.9 cm³/mol. The second-order valence-corrected chi connectivity index (χ2v) is 4.21. The van der Waals surface area contributed by atoms with E-state index in [1.165, 1.54) is 6.07 Å². The first kappa shape index (κ1) is 11.1. The molecule has 0 fully saturated rings. The quantitative estimate of drug-likeness (QED) is 0.873. The van der Waals surface area contributed by atoms with Gasteiger partial charge < -0.3 is 0 Å². The molecule has 0 amide bonds. The van der Waals surface area contributed by atoms with Crippen molar-refractivity contribution in [3.63, 3.8) is 0 Å². The van der Waals surface area contributed by atoms with E-state index in [0.29, 0.717) is 11.4 Å². The zero-order valence-electron chi connectivity index (χ0n) is 8.96. The second-order valence-electron chi connectivity index (χ2n) is 3.80. The summed E-state index contributed by atoms with van der Waals surface area (Å²) in [5, 5.41) is 6.83. The molecule has 1 aromatic heterocycles. The molecule has 0 saturated heterocycles. The van der Waals surface area contributed by atoms with Crippen molar-refractivity contribution >= 4 is 11.6 Å². The number of rotatable bonds is 2. The predicted octanol–water partition coefficient (Wildman–Crippen LogP) is 3.39. The SMILES string of the molecule is CC(C)c1nc(-c2cccc(Cl)c2F)n[nH]1. The van der Waals surface area contributed by atoms with Crippen LogP contribution < -0.4 is 0 Å². The van der Waals surface area contributed by atoms with E-state index < -0.39 is 5.82 Å². The van der Waals surface area contributed by atoms with Crippen molar-refractivity contribution < 1.29 is 4.39 Å². The van der Waals surface area contributed by atoms with Crippen LogP contribution in [0.3, 0.4) is 0 Å². The first-order valence-corrected chi connectivity index (χ1v) is 5.34. The van der Waals surface area contributed by atoms with Crippen molar-refractivity contribution in [2.24, 2.45) is 0 Å². The Kier molecular flexibility index (Phi) is 2.92. The maximum atomic E-state index is 13.7. The Bertz CT molecular complexity index is 508. The molecule has 1 heterocycles. The second kappa shape index (κ2) is 4.22. The fourth-order valence-corrected chi connectivity index (χ4v) is 1.50. The number of nitrogens with one attached hydrogen (secondary N) is 1. The maximum absolute atomic E-state index is 13.7. The van der Waals surface area contributed by atoms with Gasteiger partial charge in [-0.15, -0.1) is 0 Å². The molecule has 0 aliphatic rings. The number of H-pyrrole nitrogens is 1. The van der Waals surface area contributed by atoms with Crippen molar-refractivity contribution in [2.75, 3.05) is 0 Å². The van der Waals surface area contributed by atoms with E-state index in [1.807, 2.05) is 13.8 Å². The molecule has 2 aromatic rings. The van der Waals surface area contributed by atoms with Gasteiger partial charge in [0.25, 0.3) is 0 Å². The third-order valence-electron chi connectivity index (χ3n) is 2.24. The van der Waals surface area contributed by atoms with E-state index >= 15 is 0 Å². The maximum Gasteiger partial charge on any atom is 0.184 e. The Morgan fingerprint density at radius 2 is 2.12 bits per heavy atom. The smallest absolute Gasteiger partial charge is 0.184 e. The van der Waals surface area contributed by atoms with Crippen molar-refractivity contribution in [1.82, 2.24) is 15.2 Å². The third kappa shape index (κ3) is 1.93. The number of benzene rings is 1. The zero-order valence-corrected chi connectivity index (χ0v) is 9.72. The average Bonchev–Trinajstić information content (AvgIpc) is 2.71. The lowest BCUT2D eigenvalue weighted by atomic mass is 10.2. The molecule has 0 radical (unpaired) electrons. The highest BCUT2D eigenvalue weighted by Crippen LogP contribution is 2.25. The summed E-state index contributed by atoms with van der Waals surface area (Å²) in [6.07, 6.45) is 0. The van der Waals surface area contributed by atoms with E-state index in [1.54, 1.807) is 12.1 Å². The summed E-state index contributed by atoms with van der Waals surface area (Å²) in [4.78, 5) is 4.22. The Morgan fingerprint density at radius 3 is 2.75 bits per heavy atom. The molecule has 0 aliphatic carbocycles. The van der Waals surface area contributed by atoms with Crippen LogP contribution in [0.25, 0.3) is 11.4 Å². The molecule has 0 unspecified atom stereocenters. The van der Waals surface area contributed by atoms with Crippen LogP contribution in [0.1, 0.15) is 25.6 Å². The van der Waals surface area contributed by atoms with Gasteiger partial charge in [-0.3, -0.25) is 5.10 Å². The summed E-state index contributed by atoms with van der Waals surface area (Å²) < 4.78 is 13.7. The summed E-state index contributed by atoms with van der Waals surface area (Å²) in [6, 6.07) is 4.77. The summed E-state index contributed by atoms with van der Waals surface area (Å²) in [6.45, 7) is 3.97. The molecule has 0 aliphatic heterocycles. The minimum atomic E-state index is -0.488. The van der Waals surface area contributed by atoms with Gasteiger partial charge >= 0.3 is 0 Å². The highest BCUT2D eigenvalue weighted by Gasteiger charge is 2.14. The zero-order chi connectivity index (χ0) is 11.7. The molecule has 1 aromatic carbocycles. The Morgan fingerprint density at radius 1 is 1.38 bits per heavy atom. The molecular formula is C11H11ClFN3. The van der Waals surface area contributed by atoms with Gasteiger partial charge in [-0.25, -0.2) is 9.37 Å². The van der Waals surface area contributed by atoms with Crippen LogP contribution in [0, 0.1) is 5.82 Å². The molecule has 2 rings (SSSR count). The summed E-state index contributed by atoms with van der Waals surface area (Å²) >= 11 is 5.69. The highest BCUT2D eigenvalue weighted by molar-refractivity contribution is 6.31. The number of hydrogen-bond donors (Lipinski definition) is 1. The summed E-state index contributed by atoms with van der Waals surface area (Å²) in [7, 11) is 0. The summed E-state index contributed by atoms with van der Waals surface area (Å²) in [5.41, 5.74) is 0.315. The van der Waals surface area contributed by atoms with E-state index in [4.69, 9.17) is 11.6 Å². The van der Waals surface area contributed by atoms with Crippen LogP contribution in [0.15, 0.2) is 18.2 Å². The number of nitrogens with zero attached hydrogens (tertiary/aromatic N) is 2. The van der Waals surface area contributed by atoms with E-state index in [2.05, 4.69) is 15.2 Å². The fourth-order valence-electron chi connectivity index (χ4n) is 1.33. The fraction of sp³-hybridized carbons (Fsp3) is 0.273. The van der Waals surface area contributed by atoms with Crippen molar-refractivity contribution in [3.8, 4) is 11.4 Å². The molecule has 3 nitrogen and oxygen atoms in total. The number of aromatic amines is 1. The summed E-state index contributed by atoms with van der Waals surface area (Å²) in [5.74, 6) is 0.806. The topological polar surface area (TPSA) is 41.6 Å². The van der Waals surface area contributed by atoms with Gasteiger partial charge in [0.2, 0.25) is 0 Å². The molecule has 0 spiro atoms. The van der Waals surface area contributed by atoms with E-state index in [-0.39, 0.29) is 10.9 Å². The molecule has 0 bridgehead atoms. The van der Waals surface area contributed by atoms with Crippen LogP contribution >= 0.6 is 11.6 Å². The molecule has 1 N–H and O–H groups in total. The first-order valence-electron chi connectivity index (χ1n) is 4.96. The number of aromatic nitrogens is 3. The standard InChI is InChI=1S/C11H11ClFN3/c1-6(2)10-14-11(16-15-10)7-4-3-5-8(12)9(7)13/h3-6H,1-2H3,(H,14,15,16). The van der Waals surface area contributed by atoms with Gasteiger partial charge in [0.05, 0.1) is 10.6 Å². The van der Waals surface area contributed by atoms with Gasteiger partial charge in [0.15, 0.2) is 11.6 Å². The van der Waals surface area contributed by atoms with Crippen LogP contribution in [-0.4, -0.2) is 15.2 Å². The average molecular weight is 240 g/mol. The molecule has 5 heteroatoms. The first-order chi connectivity index (χ1) is 7.59. The highest BCUT2D eigenvalue weighted by atomic mass is 35.5. The van der Waals surface area contributed by atoms with Gasteiger partial charge in [0, 0.05) is 5.92 Å². The molecule has 16 heavy (non-hydrogen) atoms. The Balaban J connectivity index is 2.47. The van der Waals surface area contributed by atoms with E-state index in [0.717, 1.165) is 5.82 Å². The largest absolute Gasteiger partial charge is 0.262 e. The van der Waals surface area contributed by atoms with E-state index in [9.17, 15) is 4.39 Å². The van der Waals surface area contributed by atoms with Gasteiger partial charge in [0.1, 0.15) is 5.82 Å². The Labute approximate surface area is 97.7 Å². The molecule has 0 atom stereocenters. The Hall–Kier alpha value is -1.42. The molecule has 0 saturated carbocycles. The van der Waals surface area contributed by atoms with Gasteiger partial charge in [-0.2, -0.15) is 5.10 Å². The van der Waals surface area contributed by atoms with Gasteiger partial charge in [-0.05, 0) is 12.1 Å². The van der Waals surface area contributed by atoms with Crippen molar-refractivity contribution in [2.45, 2.75) is 19.8 Å². The van der Waals surface area contributed by atoms with Gasteiger partial charge in [-0.1, -0.05) is 31.5 Å². The minimum absolute atomic E-state index is 0.0772. The number of halogens is 2. The van der Waals surface area contributed by atoms with Crippen LogP contribution in [0.4, 0.5) is 4.39 Å². The van der Waals surface area contributed by atoms with Crippen LogP contribution in [-0.2, 0) is 0 Å². The number of hydrogen-bond acceptors (Lipinski definition) is 2.